The first kappa shape index (κ1) is 7.67. The Kier molecular flexibility index (Phi) is 2.82. The molecule has 0 bridgehead atoms. The average Bonchev–Trinajstić information content (AvgIpc) is 1.88. The lowest BCUT2D eigenvalue weighted by atomic mass is 10.2. The second-order valence-electron chi connectivity index (χ2n) is 2.16. The summed E-state index contributed by atoms with van der Waals surface area (Å²) in [5.74, 6) is 0. The summed E-state index contributed by atoms with van der Waals surface area (Å²) in [6.07, 6.45) is 0.816. The number of nitrogens with two attached hydrogens (primary N) is 2. The highest BCUT2D eigenvalue weighted by atomic mass is 31.1. The first-order chi connectivity index (χ1) is 4.79. The molecule has 0 amide bonds. The van der Waals surface area contributed by atoms with Crippen molar-refractivity contribution in [3.05, 3.63) is 35.9 Å². The van der Waals surface area contributed by atoms with Gasteiger partial charge < -0.3 is 0 Å². The Hall–Kier alpha value is -0.430. The standard InChI is InChI=1S/C7H11N2P/c8-10(9)6-7-4-2-1-3-5-7/h1-5H,6,8-9H2. The Labute approximate surface area is 62.1 Å². The Morgan fingerprint density at radius 1 is 1.10 bits per heavy atom. The van der Waals surface area contributed by atoms with E-state index in [1.807, 2.05) is 30.3 Å². The lowest BCUT2D eigenvalue weighted by Gasteiger charge is -2.03. The van der Waals surface area contributed by atoms with Crippen LogP contribution in [0.2, 0.25) is 0 Å². The Balaban J connectivity index is 2.59. The maximum Gasteiger partial charge on any atom is 0.0327 e. The predicted octanol–water partition coefficient (Wildman–Crippen LogP) is 1.42. The Morgan fingerprint density at radius 3 is 2.20 bits per heavy atom. The summed E-state index contributed by atoms with van der Waals surface area (Å²) in [6, 6.07) is 10.0. The zero-order valence-electron chi connectivity index (χ0n) is 5.70. The quantitative estimate of drug-likeness (QED) is 0.633. The van der Waals surface area contributed by atoms with Crippen LogP contribution in [0.3, 0.4) is 0 Å². The van der Waals surface area contributed by atoms with E-state index in [1.54, 1.807) is 0 Å². The van der Waals surface area contributed by atoms with E-state index in [2.05, 4.69) is 0 Å². The molecule has 1 aromatic rings. The van der Waals surface area contributed by atoms with Crippen LogP contribution < -0.4 is 11.0 Å². The van der Waals surface area contributed by atoms with Crippen molar-refractivity contribution < 1.29 is 0 Å². The lowest BCUT2D eigenvalue weighted by Crippen LogP contribution is -2.00. The largest absolute Gasteiger partial charge is 0.298 e. The molecule has 54 valence electrons. The average molecular weight is 154 g/mol. The SMILES string of the molecule is NP(N)Cc1ccccc1. The van der Waals surface area contributed by atoms with Crippen molar-refractivity contribution in [2.24, 2.45) is 11.0 Å². The topological polar surface area (TPSA) is 52.0 Å². The van der Waals surface area contributed by atoms with E-state index in [1.165, 1.54) is 5.56 Å². The van der Waals surface area contributed by atoms with E-state index in [9.17, 15) is 0 Å². The van der Waals surface area contributed by atoms with Gasteiger partial charge in [-0.25, -0.2) is 0 Å². The summed E-state index contributed by atoms with van der Waals surface area (Å²) in [5, 5.41) is 0. The van der Waals surface area contributed by atoms with Gasteiger partial charge in [0, 0.05) is 14.4 Å². The summed E-state index contributed by atoms with van der Waals surface area (Å²) in [4.78, 5) is 0. The number of hydrogen-bond donors (Lipinski definition) is 2. The van der Waals surface area contributed by atoms with Crippen LogP contribution in [-0.2, 0) is 6.16 Å². The van der Waals surface area contributed by atoms with Crippen molar-refractivity contribution in [1.82, 2.24) is 0 Å². The van der Waals surface area contributed by atoms with E-state index in [0.717, 1.165) is 6.16 Å². The van der Waals surface area contributed by atoms with Gasteiger partial charge in [0.25, 0.3) is 0 Å². The smallest absolute Gasteiger partial charge is 0.0327 e. The van der Waals surface area contributed by atoms with Gasteiger partial charge >= 0.3 is 0 Å². The number of hydrogen-bond acceptors (Lipinski definition) is 2. The van der Waals surface area contributed by atoms with Crippen LogP contribution in [0.5, 0.6) is 0 Å². The molecule has 0 saturated heterocycles. The molecule has 0 radical (unpaired) electrons. The molecule has 1 aromatic carbocycles. The molecule has 0 fully saturated rings. The highest BCUT2D eigenvalue weighted by Gasteiger charge is 1.94. The molecule has 1 rings (SSSR count). The van der Waals surface area contributed by atoms with Crippen molar-refractivity contribution in [3.63, 3.8) is 0 Å². The van der Waals surface area contributed by atoms with Crippen LogP contribution in [0.1, 0.15) is 5.56 Å². The van der Waals surface area contributed by atoms with Crippen LogP contribution in [0.15, 0.2) is 30.3 Å². The maximum atomic E-state index is 5.47. The van der Waals surface area contributed by atoms with Crippen molar-refractivity contribution in [1.29, 1.82) is 0 Å². The molecule has 0 heterocycles. The molecule has 0 unspecified atom stereocenters. The summed E-state index contributed by atoms with van der Waals surface area (Å²) < 4.78 is 0. The van der Waals surface area contributed by atoms with Gasteiger partial charge in [-0.2, -0.15) is 0 Å². The molecule has 10 heavy (non-hydrogen) atoms. The second kappa shape index (κ2) is 3.67. The lowest BCUT2D eigenvalue weighted by molar-refractivity contribution is 1.37. The number of benzene rings is 1. The Bertz CT molecular complexity index is 186. The first-order valence-corrected chi connectivity index (χ1v) is 4.76. The van der Waals surface area contributed by atoms with E-state index < -0.39 is 8.22 Å². The van der Waals surface area contributed by atoms with Crippen molar-refractivity contribution in [2.75, 3.05) is 0 Å². The third-order valence-electron chi connectivity index (χ3n) is 1.21. The van der Waals surface area contributed by atoms with Gasteiger partial charge in [0.1, 0.15) is 0 Å². The van der Waals surface area contributed by atoms with E-state index >= 15 is 0 Å². The monoisotopic (exact) mass is 154 g/mol. The van der Waals surface area contributed by atoms with Crippen LogP contribution in [-0.4, -0.2) is 0 Å². The summed E-state index contributed by atoms with van der Waals surface area (Å²) in [6.45, 7) is 0. The molecule has 0 saturated carbocycles. The zero-order chi connectivity index (χ0) is 7.40. The van der Waals surface area contributed by atoms with Crippen LogP contribution in [0.4, 0.5) is 0 Å². The summed E-state index contributed by atoms with van der Waals surface area (Å²) >= 11 is 0. The third kappa shape index (κ3) is 2.44. The minimum atomic E-state index is -0.777. The zero-order valence-corrected chi connectivity index (χ0v) is 6.59. The van der Waals surface area contributed by atoms with Crippen LogP contribution >= 0.6 is 8.22 Å². The molecule has 0 aliphatic heterocycles. The highest BCUT2D eigenvalue weighted by Crippen LogP contribution is 2.20. The normalized spacial score (nSPS) is 10.3. The van der Waals surface area contributed by atoms with Crippen molar-refractivity contribution >= 4 is 8.22 Å². The number of rotatable bonds is 2. The van der Waals surface area contributed by atoms with Gasteiger partial charge in [0.2, 0.25) is 0 Å². The molecule has 3 heteroatoms. The fourth-order valence-corrected chi connectivity index (χ4v) is 1.43. The minimum Gasteiger partial charge on any atom is -0.298 e. The molecule has 0 spiro atoms. The first-order valence-electron chi connectivity index (χ1n) is 3.10. The van der Waals surface area contributed by atoms with Gasteiger partial charge in [0.15, 0.2) is 0 Å². The van der Waals surface area contributed by atoms with Gasteiger partial charge in [-0.1, -0.05) is 30.3 Å². The highest BCUT2D eigenvalue weighted by molar-refractivity contribution is 7.51. The van der Waals surface area contributed by atoms with Crippen molar-refractivity contribution in [2.45, 2.75) is 6.16 Å². The van der Waals surface area contributed by atoms with Gasteiger partial charge in [-0.3, -0.25) is 11.0 Å². The molecule has 0 atom stereocenters. The van der Waals surface area contributed by atoms with Crippen LogP contribution in [0.25, 0.3) is 0 Å². The Morgan fingerprint density at radius 2 is 1.70 bits per heavy atom. The maximum absolute atomic E-state index is 5.47. The molecule has 0 aromatic heterocycles. The van der Waals surface area contributed by atoms with Crippen LogP contribution in [0, 0.1) is 0 Å². The second-order valence-corrected chi connectivity index (χ2v) is 3.50. The molecular weight excluding hydrogens is 143 g/mol. The van der Waals surface area contributed by atoms with E-state index in [-0.39, 0.29) is 0 Å². The summed E-state index contributed by atoms with van der Waals surface area (Å²) in [5.41, 5.74) is 12.2. The van der Waals surface area contributed by atoms with E-state index in [4.69, 9.17) is 11.0 Å². The van der Waals surface area contributed by atoms with Gasteiger partial charge in [-0.05, 0) is 5.56 Å². The predicted molar refractivity (Wildman–Crippen MR) is 45.4 cm³/mol. The molecule has 4 N–H and O–H groups in total. The molecular formula is C7H11N2P. The minimum absolute atomic E-state index is 0.777. The van der Waals surface area contributed by atoms with Crippen molar-refractivity contribution in [3.8, 4) is 0 Å². The van der Waals surface area contributed by atoms with Gasteiger partial charge in [-0.15, -0.1) is 0 Å². The molecule has 2 nitrogen and oxygen atoms in total. The summed E-state index contributed by atoms with van der Waals surface area (Å²) in [7, 11) is -0.777. The van der Waals surface area contributed by atoms with E-state index in [0.29, 0.717) is 0 Å². The fourth-order valence-electron chi connectivity index (χ4n) is 0.794. The van der Waals surface area contributed by atoms with Gasteiger partial charge in [0.05, 0.1) is 0 Å². The third-order valence-corrected chi connectivity index (χ3v) is 1.94. The fraction of sp³-hybridized carbons (Fsp3) is 0.143. The molecule has 0 aliphatic carbocycles. The molecule has 0 aliphatic rings.